The zero-order valence-corrected chi connectivity index (χ0v) is 10.4. The summed E-state index contributed by atoms with van der Waals surface area (Å²) in [7, 11) is 0. The van der Waals surface area contributed by atoms with Crippen LogP contribution in [0.5, 0.6) is 0 Å². The highest BCUT2D eigenvalue weighted by Crippen LogP contribution is 2.17. The van der Waals surface area contributed by atoms with Crippen molar-refractivity contribution < 1.29 is 0 Å². The highest BCUT2D eigenvalue weighted by atomic mass is 16.1. The number of pyridine rings is 1. The van der Waals surface area contributed by atoms with Gasteiger partial charge in [-0.15, -0.1) is 0 Å². The molecular formula is C15H14N2O. The van der Waals surface area contributed by atoms with E-state index in [1.165, 1.54) is 0 Å². The topological polar surface area (TPSA) is 45.8 Å². The fourth-order valence-corrected chi connectivity index (χ4v) is 2.09. The Morgan fingerprint density at radius 1 is 1.17 bits per heavy atom. The Kier molecular flexibility index (Phi) is 3.29. The molecule has 0 amide bonds. The number of hydrogen-bond acceptors (Lipinski definition) is 2. The van der Waals surface area contributed by atoms with Gasteiger partial charge in [0.1, 0.15) is 11.6 Å². The second-order valence-corrected chi connectivity index (χ2v) is 4.26. The number of aromatic nitrogens is 1. The zero-order chi connectivity index (χ0) is 13.1. The standard InChI is InChI=1S/C15H14N2O/c1-11-8-9-14(10-16)15(18)17(11)12(2)13-6-4-3-5-7-13/h3-9,12H,1-2H3. The number of nitriles is 1. The molecule has 1 aromatic carbocycles. The molecule has 0 aliphatic rings. The first kappa shape index (κ1) is 12.1. The lowest BCUT2D eigenvalue weighted by atomic mass is 10.1. The maximum atomic E-state index is 12.2. The first-order valence-electron chi connectivity index (χ1n) is 5.82. The van der Waals surface area contributed by atoms with Crippen molar-refractivity contribution in [2.45, 2.75) is 19.9 Å². The van der Waals surface area contributed by atoms with Crippen LogP contribution in [0.15, 0.2) is 47.3 Å². The van der Waals surface area contributed by atoms with Gasteiger partial charge in [-0.3, -0.25) is 4.79 Å². The zero-order valence-electron chi connectivity index (χ0n) is 10.4. The fourth-order valence-electron chi connectivity index (χ4n) is 2.09. The highest BCUT2D eigenvalue weighted by Gasteiger charge is 2.13. The van der Waals surface area contributed by atoms with Crippen LogP contribution in [0.4, 0.5) is 0 Å². The number of hydrogen-bond donors (Lipinski definition) is 0. The molecule has 0 fully saturated rings. The summed E-state index contributed by atoms with van der Waals surface area (Å²) in [5, 5.41) is 8.92. The summed E-state index contributed by atoms with van der Waals surface area (Å²) < 4.78 is 1.66. The van der Waals surface area contributed by atoms with Crippen LogP contribution in [0.25, 0.3) is 0 Å². The van der Waals surface area contributed by atoms with Crippen LogP contribution in [0.3, 0.4) is 0 Å². The third-order valence-electron chi connectivity index (χ3n) is 3.11. The quantitative estimate of drug-likeness (QED) is 0.807. The molecule has 90 valence electrons. The molecule has 2 rings (SSSR count). The highest BCUT2D eigenvalue weighted by molar-refractivity contribution is 5.29. The van der Waals surface area contributed by atoms with Crippen molar-refractivity contribution in [3.05, 3.63) is 69.6 Å². The Balaban J connectivity index is 2.59. The molecule has 0 saturated carbocycles. The largest absolute Gasteiger partial charge is 0.305 e. The van der Waals surface area contributed by atoms with Crippen LogP contribution in [0, 0.1) is 18.3 Å². The molecule has 2 aromatic rings. The molecule has 1 atom stereocenters. The van der Waals surface area contributed by atoms with E-state index >= 15 is 0 Å². The average Bonchev–Trinajstić information content (AvgIpc) is 2.40. The lowest BCUT2D eigenvalue weighted by Gasteiger charge is -2.18. The van der Waals surface area contributed by atoms with Gasteiger partial charge in [-0.1, -0.05) is 30.3 Å². The molecule has 0 saturated heterocycles. The number of aryl methyl sites for hydroxylation is 1. The van der Waals surface area contributed by atoms with Crippen molar-refractivity contribution in [1.82, 2.24) is 4.57 Å². The predicted octanol–water partition coefficient (Wildman–Crippen LogP) is 2.64. The summed E-state index contributed by atoms with van der Waals surface area (Å²) in [6.45, 7) is 3.84. The third kappa shape index (κ3) is 2.05. The van der Waals surface area contributed by atoms with Gasteiger partial charge in [0.25, 0.3) is 5.56 Å². The van der Waals surface area contributed by atoms with Crippen molar-refractivity contribution in [3.63, 3.8) is 0 Å². The van der Waals surface area contributed by atoms with Gasteiger partial charge >= 0.3 is 0 Å². The minimum atomic E-state index is -0.228. The molecule has 0 bridgehead atoms. The lowest BCUT2D eigenvalue weighted by molar-refractivity contribution is 0.595. The summed E-state index contributed by atoms with van der Waals surface area (Å²) in [5.41, 5.74) is 1.87. The van der Waals surface area contributed by atoms with Gasteiger partial charge in [0, 0.05) is 5.69 Å². The molecule has 0 aliphatic carbocycles. The van der Waals surface area contributed by atoms with Gasteiger partial charge in [-0.2, -0.15) is 5.26 Å². The van der Waals surface area contributed by atoms with Crippen LogP contribution < -0.4 is 5.56 Å². The second-order valence-electron chi connectivity index (χ2n) is 4.26. The van der Waals surface area contributed by atoms with Crippen molar-refractivity contribution in [1.29, 1.82) is 5.26 Å². The normalized spacial score (nSPS) is 11.8. The monoisotopic (exact) mass is 238 g/mol. The van der Waals surface area contributed by atoms with Crippen molar-refractivity contribution in [3.8, 4) is 6.07 Å². The third-order valence-corrected chi connectivity index (χ3v) is 3.11. The van der Waals surface area contributed by atoms with Gasteiger partial charge in [0.05, 0.1) is 6.04 Å². The summed E-state index contributed by atoms with van der Waals surface area (Å²) in [4.78, 5) is 12.2. The molecule has 0 N–H and O–H groups in total. The Morgan fingerprint density at radius 2 is 1.83 bits per heavy atom. The van der Waals surface area contributed by atoms with E-state index in [0.29, 0.717) is 0 Å². The van der Waals surface area contributed by atoms with E-state index < -0.39 is 0 Å². The first-order chi connectivity index (χ1) is 8.65. The lowest BCUT2D eigenvalue weighted by Crippen LogP contribution is -2.27. The maximum absolute atomic E-state index is 12.2. The molecule has 0 radical (unpaired) electrons. The number of benzene rings is 1. The van der Waals surface area contributed by atoms with E-state index in [1.807, 2.05) is 50.2 Å². The second kappa shape index (κ2) is 4.89. The van der Waals surface area contributed by atoms with Crippen LogP contribution in [-0.2, 0) is 0 Å². The van der Waals surface area contributed by atoms with Gasteiger partial charge in [-0.05, 0) is 31.5 Å². The van der Waals surface area contributed by atoms with Crippen LogP contribution in [-0.4, -0.2) is 4.57 Å². The van der Waals surface area contributed by atoms with Crippen molar-refractivity contribution >= 4 is 0 Å². The van der Waals surface area contributed by atoms with E-state index in [4.69, 9.17) is 5.26 Å². The summed E-state index contributed by atoms with van der Waals surface area (Å²) >= 11 is 0. The minimum absolute atomic E-state index is 0.0769. The molecule has 3 heteroatoms. The van der Waals surface area contributed by atoms with E-state index in [-0.39, 0.29) is 17.2 Å². The molecule has 1 unspecified atom stereocenters. The van der Waals surface area contributed by atoms with Gasteiger partial charge in [-0.25, -0.2) is 0 Å². The Hall–Kier alpha value is -2.34. The van der Waals surface area contributed by atoms with Gasteiger partial charge in [0.2, 0.25) is 0 Å². The summed E-state index contributed by atoms with van der Waals surface area (Å²) in [6.07, 6.45) is 0. The minimum Gasteiger partial charge on any atom is -0.305 e. The van der Waals surface area contributed by atoms with Crippen LogP contribution >= 0.6 is 0 Å². The SMILES string of the molecule is Cc1ccc(C#N)c(=O)n1C(C)c1ccccc1. The molecule has 0 aliphatic heterocycles. The van der Waals surface area contributed by atoms with Crippen molar-refractivity contribution in [2.24, 2.45) is 0 Å². The average molecular weight is 238 g/mol. The Morgan fingerprint density at radius 3 is 2.44 bits per heavy atom. The van der Waals surface area contributed by atoms with Crippen LogP contribution in [0.1, 0.15) is 29.8 Å². The van der Waals surface area contributed by atoms with E-state index in [2.05, 4.69) is 0 Å². The van der Waals surface area contributed by atoms with E-state index in [9.17, 15) is 4.79 Å². The van der Waals surface area contributed by atoms with E-state index in [0.717, 1.165) is 11.3 Å². The fraction of sp³-hybridized carbons (Fsp3) is 0.200. The summed E-state index contributed by atoms with van der Waals surface area (Å²) in [6, 6.07) is 15.0. The predicted molar refractivity (Wildman–Crippen MR) is 70.4 cm³/mol. The van der Waals surface area contributed by atoms with E-state index in [1.54, 1.807) is 16.7 Å². The first-order valence-corrected chi connectivity index (χ1v) is 5.82. The smallest absolute Gasteiger partial charge is 0.269 e. The summed E-state index contributed by atoms with van der Waals surface area (Å²) in [5.74, 6) is 0. The van der Waals surface area contributed by atoms with Gasteiger partial charge in [0.15, 0.2) is 0 Å². The Bertz CT molecular complexity index is 650. The number of rotatable bonds is 2. The molecule has 1 aromatic heterocycles. The number of nitrogens with zero attached hydrogens (tertiary/aromatic N) is 2. The van der Waals surface area contributed by atoms with Crippen LogP contribution in [0.2, 0.25) is 0 Å². The molecular weight excluding hydrogens is 224 g/mol. The Labute approximate surface area is 106 Å². The molecule has 18 heavy (non-hydrogen) atoms. The molecule has 3 nitrogen and oxygen atoms in total. The van der Waals surface area contributed by atoms with Crippen molar-refractivity contribution in [2.75, 3.05) is 0 Å². The molecule has 0 spiro atoms. The van der Waals surface area contributed by atoms with Gasteiger partial charge < -0.3 is 4.57 Å². The maximum Gasteiger partial charge on any atom is 0.269 e. The molecule has 1 heterocycles.